The summed E-state index contributed by atoms with van der Waals surface area (Å²) in [4.78, 5) is 117. The third-order valence-corrected chi connectivity index (χ3v) is 12.0. The van der Waals surface area contributed by atoms with Crippen molar-refractivity contribution in [2.45, 2.75) is 154 Å². The minimum absolute atomic E-state index is 0.0404. The lowest BCUT2D eigenvalue weighted by Gasteiger charge is -2.30. The Kier molecular flexibility index (Phi) is 28.3. The lowest BCUT2D eigenvalue weighted by atomic mass is 9.95. The SMILES string of the molecule is CC[C@H](C)[C@H](NC(=O)[C@H](CC(C)C)NC(=O)[C@H](CCCNC(=N)N)NC(=O)[C@H](CCCNC(=N)N)NC(=O)[C@H](CCCCN)NC(=O)[C@H](C)NC(=O)[C@@H](N)Cc1c[nH]cn1)C(=O)N[C@@H](Cc1ccccc1)C(N)=O. The summed E-state index contributed by atoms with van der Waals surface area (Å²) in [6.45, 7) is 9.21. The van der Waals surface area contributed by atoms with Crippen molar-refractivity contribution in [3.63, 3.8) is 0 Å². The number of nitrogens with zero attached hydrogens (tertiary/aromatic N) is 1. The highest BCUT2D eigenvalue weighted by Gasteiger charge is 2.35. The molecule has 0 unspecified atom stereocenters. The molecule has 0 aliphatic heterocycles. The van der Waals surface area contributed by atoms with Crippen molar-refractivity contribution in [3.8, 4) is 0 Å². The van der Waals surface area contributed by atoms with Crippen molar-refractivity contribution in [1.82, 2.24) is 57.8 Å². The third-order valence-electron chi connectivity index (χ3n) is 12.0. The predicted octanol–water partition coefficient (Wildman–Crippen LogP) is -2.83. The predicted molar refractivity (Wildman–Crippen MR) is 279 cm³/mol. The van der Waals surface area contributed by atoms with Crippen LogP contribution in [0.15, 0.2) is 42.9 Å². The molecule has 22 N–H and O–H groups in total. The fourth-order valence-electron chi connectivity index (χ4n) is 7.57. The second kappa shape index (κ2) is 33.4. The van der Waals surface area contributed by atoms with Crippen LogP contribution in [0, 0.1) is 22.7 Å². The fourth-order valence-corrected chi connectivity index (χ4v) is 7.57. The number of guanidine groups is 2. The topological polar surface area (TPSA) is 451 Å². The Morgan fingerprint density at radius 3 is 1.58 bits per heavy atom. The highest BCUT2D eigenvalue weighted by molar-refractivity contribution is 5.97. The molecule has 0 saturated carbocycles. The molecule has 74 heavy (non-hydrogen) atoms. The Bertz CT molecular complexity index is 2130. The number of aromatic amines is 1. The molecule has 1 aromatic heterocycles. The van der Waals surface area contributed by atoms with Crippen LogP contribution in [0.25, 0.3) is 0 Å². The van der Waals surface area contributed by atoms with E-state index >= 15 is 0 Å². The van der Waals surface area contributed by atoms with Crippen LogP contribution in [-0.2, 0) is 51.2 Å². The van der Waals surface area contributed by atoms with E-state index in [0.717, 1.165) is 5.56 Å². The van der Waals surface area contributed by atoms with Crippen molar-refractivity contribution in [2.24, 2.45) is 40.5 Å². The van der Waals surface area contributed by atoms with Gasteiger partial charge in [-0.05, 0) is 82.2 Å². The Morgan fingerprint density at radius 1 is 0.608 bits per heavy atom. The number of hydrogen-bond donors (Lipinski definition) is 17. The lowest BCUT2D eigenvalue weighted by Crippen LogP contribution is -2.61. The number of primary amides is 1. The number of aromatic nitrogens is 2. The van der Waals surface area contributed by atoms with Crippen LogP contribution < -0.4 is 76.5 Å². The van der Waals surface area contributed by atoms with Crippen LogP contribution >= 0.6 is 0 Å². The quantitative estimate of drug-likeness (QED) is 0.0188. The normalized spacial score (nSPS) is 14.7. The van der Waals surface area contributed by atoms with Gasteiger partial charge >= 0.3 is 0 Å². The Morgan fingerprint density at radius 2 is 1.11 bits per heavy atom. The molecular weight excluding hydrogens is 957 g/mol. The smallest absolute Gasteiger partial charge is 0.243 e. The molecule has 0 aliphatic carbocycles. The summed E-state index contributed by atoms with van der Waals surface area (Å²) < 4.78 is 0. The van der Waals surface area contributed by atoms with Gasteiger partial charge in [0.25, 0.3) is 0 Å². The van der Waals surface area contributed by atoms with Gasteiger partial charge in [0.15, 0.2) is 11.9 Å². The van der Waals surface area contributed by atoms with Gasteiger partial charge in [-0.1, -0.05) is 64.4 Å². The molecule has 1 heterocycles. The Balaban J connectivity index is 2.41. The van der Waals surface area contributed by atoms with Crippen LogP contribution in [0.2, 0.25) is 0 Å². The first kappa shape index (κ1) is 62.8. The van der Waals surface area contributed by atoms with Crippen LogP contribution in [0.5, 0.6) is 0 Å². The summed E-state index contributed by atoms with van der Waals surface area (Å²) >= 11 is 0. The van der Waals surface area contributed by atoms with Crippen LogP contribution in [0.3, 0.4) is 0 Å². The van der Waals surface area contributed by atoms with Crippen LogP contribution in [0.1, 0.15) is 104 Å². The molecule has 2 aromatic rings. The number of benzene rings is 1. The zero-order valence-electron chi connectivity index (χ0n) is 43.3. The number of nitrogens with one attached hydrogen (secondary N) is 12. The summed E-state index contributed by atoms with van der Waals surface area (Å²) in [6, 6.07) is -0.541. The number of H-pyrrole nitrogens is 1. The maximum atomic E-state index is 14.4. The summed E-state index contributed by atoms with van der Waals surface area (Å²) in [7, 11) is 0. The van der Waals surface area contributed by atoms with Gasteiger partial charge in [-0.15, -0.1) is 0 Å². The van der Waals surface area contributed by atoms with Gasteiger partial charge in [-0.3, -0.25) is 49.2 Å². The molecule has 9 atom stereocenters. The van der Waals surface area contributed by atoms with Crippen molar-refractivity contribution in [2.75, 3.05) is 19.6 Å². The van der Waals surface area contributed by atoms with Gasteiger partial charge < -0.3 is 81.5 Å². The fraction of sp³-hybridized carbons (Fsp3) is 0.604. The molecular formula is C48H82N18O8. The molecule has 1 aromatic carbocycles. The summed E-state index contributed by atoms with van der Waals surface area (Å²) in [5.41, 5.74) is 29.7. The molecule has 412 valence electrons. The molecule has 0 bridgehead atoms. The molecule has 8 amide bonds. The number of carbonyl (C=O) groups is 8. The molecule has 0 saturated heterocycles. The van der Waals surface area contributed by atoms with E-state index in [-0.39, 0.29) is 82.3 Å². The first-order valence-electron chi connectivity index (χ1n) is 25.1. The Labute approximate surface area is 432 Å². The minimum Gasteiger partial charge on any atom is -0.370 e. The minimum atomic E-state index is -1.33. The summed E-state index contributed by atoms with van der Waals surface area (Å²) in [6.07, 6.45) is 5.09. The lowest BCUT2D eigenvalue weighted by molar-refractivity contribution is -0.136. The summed E-state index contributed by atoms with van der Waals surface area (Å²) in [5.74, 6) is -7.06. The van der Waals surface area contributed by atoms with Crippen molar-refractivity contribution >= 4 is 59.2 Å². The zero-order valence-corrected chi connectivity index (χ0v) is 43.3. The van der Waals surface area contributed by atoms with Crippen molar-refractivity contribution in [1.29, 1.82) is 10.8 Å². The van der Waals surface area contributed by atoms with Crippen LogP contribution in [-0.4, -0.2) is 137 Å². The van der Waals surface area contributed by atoms with Gasteiger partial charge in [0.2, 0.25) is 47.3 Å². The molecule has 0 radical (unpaired) electrons. The van der Waals surface area contributed by atoms with E-state index in [1.54, 1.807) is 37.4 Å². The molecule has 0 aliphatic rings. The van der Waals surface area contributed by atoms with E-state index in [2.05, 4.69) is 57.8 Å². The highest BCUT2D eigenvalue weighted by Crippen LogP contribution is 2.14. The van der Waals surface area contributed by atoms with Crippen molar-refractivity contribution in [3.05, 3.63) is 54.1 Å². The number of imidazole rings is 1. The average molecular weight is 1040 g/mol. The van der Waals surface area contributed by atoms with E-state index in [0.29, 0.717) is 31.5 Å². The number of nitrogens with two attached hydrogens (primary N) is 5. The number of hydrogen-bond acceptors (Lipinski definition) is 13. The van der Waals surface area contributed by atoms with Gasteiger partial charge in [0.05, 0.1) is 18.1 Å². The largest absolute Gasteiger partial charge is 0.370 e. The number of unbranched alkanes of at least 4 members (excludes halogenated alkanes) is 1. The number of carbonyl (C=O) groups excluding carboxylic acids is 8. The molecule has 0 fully saturated rings. The standard InChI is InChI=1S/C48H82N18O8/c1-6-28(4)38(46(74)64-36(39(51)67)23-30-14-8-7-9-15-30)66-45(73)37(22-27(2)3)65-44(72)35(18-13-21-58-48(54)55)63-43(71)34(17-12-20-57-47(52)53)62-42(70)33(16-10-11-19-49)61-40(68)29(5)60-41(69)32(50)24-31-25-56-26-59-31/h7-9,14-15,25-29,32-38H,6,10-13,16-24,49-50H2,1-5H3,(H2,51,67)(H,56,59)(H,60,69)(H,61,68)(H,62,70)(H,63,71)(H,64,74)(H,65,72)(H,66,73)(H4,52,53,57)(H4,54,55,58)/t28-,29-,32-,33-,34-,35-,36-,37-,38-/m0/s1. The Hall–Kier alpha value is -7.35. The summed E-state index contributed by atoms with van der Waals surface area (Å²) in [5, 5.41) is 39.3. The molecule has 26 nitrogen and oxygen atoms in total. The van der Waals surface area contributed by atoms with Crippen LogP contribution in [0.4, 0.5) is 0 Å². The second-order valence-corrected chi connectivity index (χ2v) is 18.8. The number of amides is 8. The van der Waals surface area contributed by atoms with E-state index in [9.17, 15) is 38.4 Å². The van der Waals surface area contributed by atoms with E-state index in [1.807, 2.05) is 26.8 Å². The maximum absolute atomic E-state index is 14.4. The first-order valence-corrected chi connectivity index (χ1v) is 25.1. The first-order chi connectivity index (χ1) is 35.1. The van der Waals surface area contributed by atoms with Gasteiger partial charge in [-0.2, -0.15) is 0 Å². The molecule has 26 heteroatoms. The van der Waals surface area contributed by atoms with E-state index in [4.69, 9.17) is 39.5 Å². The zero-order chi connectivity index (χ0) is 55.3. The number of rotatable bonds is 35. The monoisotopic (exact) mass is 1040 g/mol. The molecule has 2 rings (SSSR count). The maximum Gasteiger partial charge on any atom is 0.243 e. The van der Waals surface area contributed by atoms with E-state index < -0.39 is 102 Å². The van der Waals surface area contributed by atoms with E-state index in [1.165, 1.54) is 13.3 Å². The third kappa shape index (κ3) is 23.9. The van der Waals surface area contributed by atoms with Gasteiger partial charge in [-0.25, -0.2) is 4.98 Å². The average Bonchev–Trinajstić information content (AvgIpc) is 3.86. The highest BCUT2D eigenvalue weighted by atomic mass is 16.2. The van der Waals surface area contributed by atoms with Crippen molar-refractivity contribution < 1.29 is 38.4 Å². The second-order valence-electron chi connectivity index (χ2n) is 18.8. The molecule has 0 spiro atoms. The van der Waals surface area contributed by atoms with Gasteiger partial charge in [0, 0.05) is 32.1 Å². The van der Waals surface area contributed by atoms with Gasteiger partial charge in [0.1, 0.15) is 42.3 Å².